The largest absolute Gasteiger partial charge is 0.456 e. The predicted molar refractivity (Wildman–Crippen MR) is 142 cm³/mol. The fraction of sp³-hybridized carbons (Fsp3) is 0.862. The van der Waals surface area contributed by atoms with Gasteiger partial charge >= 0.3 is 5.97 Å². The second-order valence-electron chi connectivity index (χ2n) is 13.5. The molecule has 0 radical (unpaired) electrons. The lowest BCUT2D eigenvalue weighted by Crippen LogP contribution is -2.86. The number of hydrogen-bond acceptors (Lipinski definition) is 9. The summed E-state index contributed by atoms with van der Waals surface area (Å²) in [5.41, 5.74) is -7.11. The van der Waals surface area contributed by atoms with E-state index in [4.69, 9.17) is 9.47 Å². The lowest BCUT2D eigenvalue weighted by atomic mass is 9.40. The van der Waals surface area contributed by atoms with Crippen molar-refractivity contribution < 1.29 is 34.4 Å². The molecule has 2 saturated heterocycles. The van der Waals surface area contributed by atoms with E-state index in [1.165, 1.54) is 13.0 Å². The molecule has 0 amide bonds. The van der Waals surface area contributed by atoms with Crippen LogP contribution in [-0.4, -0.2) is 112 Å². The zero-order chi connectivity index (χ0) is 28.3. The van der Waals surface area contributed by atoms with Crippen molar-refractivity contribution in [1.82, 2.24) is 9.80 Å². The number of hydrogen-bond donors (Lipinski definition) is 3. The average Bonchev–Trinajstić information content (AvgIpc) is 2.83. The number of rotatable bonds is 6. The van der Waals surface area contributed by atoms with Crippen molar-refractivity contribution in [3.63, 3.8) is 0 Å². The lowest BCUT2D eigenvalue weighted by molar-refractivity contribution is -0.370. The molecule has 4 fully saturated rings. The molecule has 3 N–H and O–H groups in total. The first-order chi connectivity index (χ1) is 17.6. The maximum Gasteiger partial charge on any atom is 0.306 e. The highest BCUT2D eigenvalue weighted by molar-refractivity contribution is 5.92. The lowest BCUT2D eigenvalue weighted by Gasteiger charge is -2.71. The minimum Gasteiger partial charge on any atom is -0.456 e. The van der Waals surface area contributed by atoms with Crippen molar-refractivity contribution in [2.24, 2.45) is 16.7 Å². The van der Waals surface area contributed by atoms with E-state index in [0.29, 0.717) is 19.3 Å². The maximum absolute atomic E-state index is 13.9. The number of piperazine rings is 1. The molecule has 2 aliphatic carbocycles. The number of aliphatic hydroxyl groups is 3. The van der Waals surface area contributed by atoms with E-state index >= 15 is 0 Å². The molecule has 8 unspecified atom stereocenters. The zero-order valence-electron chi connectivity index (χ0n) is 24.0. The van der Waals surface area contributed by atoms with Crippen LogP contribution >= 0.6 is 0 Å². The molecule has 2 heterocycles. The summed E-state index contributed by atoms with van der Waals surface area (Å²) in [6, 6.07) is 0. The molecule has 2 aliphatic heterocycles. The Balaban J connectivity index is 1.65. The SMILES string of the molecule is C=CC1(C)CC(=O)C2(O)C(C)(O1)C(OC(=O)CCCN1CCN(C)CC1)C(O)C1C(C)(C)CCC(O)C12C. The molecule has 0 bridgehead atoms. The number of carbonyl (C=O) groups is 2. The van der Waals surface area contributed by atoms with Crippen molar-refractivity contribution in [1.29, 1.82) is 0 Å². The van der Waals surface area contributed by atoms with Gasteiger partial charge in [-0.2, -0.15) is 0 Å². The van der Waals surface area contributed by atoms with Gasteiger partial charge in [-0.25, -0.2) is 0 Å². The number of Topliss-reactive ketones (excluding diaryl/α,β-unsaturated/α-hetero) is 1. The summed E-state index contributed by atoms with van der Waals surface area (Å²) >= 11 is 0. The van der Waals surface area contributed by atoms with Crippen LogP contribution in [0.1, 0.15) is 66.7 Å². The predicted octanol–water partition coefficient (Wildman–Crippen LogP) is 1.53. The van der Waals surface area contributed by atoms with E-state index in [2.05, 4.69) is 23.4 Å². The first kappa shape index (κ1) is 29.6. The molecule has 4 aliphatic rings. The fourth-order valence-electron chi connectivity index (χ4n) is 8.20. The number of carbonyl (C=O) groups excluding carboxylic acids is 2. The van der Waals surface area contributed by atoms with Crippen LogP contribution in [0.15, 0.2) is 12.7 Å². The molecular weight excluding hydrogens is 488 g/mol. The Labute approximate surface area is 227 Å². The summed E-state index contributed by atoms with van der Waals surface area (Å²) < 4.78 is 12.4. The van der Waals surface area contributed by atoms with Crippen LogP contribution in [0.25, 0.3) is 0 Å². The number of esters is 1. The second kappa shape index (κ2) is 9.93. The van der Waals surface area contributed by atoms with E-state index in [-0.39, 0.29) is 12.8 Å². The van der Waals surface area contributed by atoms with Gasteiger partial charge in [0.25, 0.3) is 0 Å². The Morgan fingerprint density at radius 1 is 1.16 bits per heavy atom. The Hall–Kier alpha value is -1.36. The van der Waals surface area contributed by atoms with Crippen LogP contribution in [0, 0.1) is 16.7 Å². The molecule has 0 aromatic heterocycles. The highest BCUT2D eigenvalue weighted by atomic mass is 16.6. The van der Waals surface area contributed by atoms with Gasteiger partial charge in [0.05, 0.1) is 17.8 Å². The Kier molecular flexibility index (Phi) is 7.74. The van der Waals surface area contributed by atoms with Crippen molar-refractivity contribution in [2.75, 3.05) is 39.8 Å². The van der Waals surface area contributed by atoms with Crippen LogP contribution in [0.5, 0.6) is 0 Å². The quantitative estimate of drug-likeness (QED) is 0.343. The molecule has 0 aromatic rings. The first-order valence-corrected chi connectivity index (χ1v) is 14.1. The molecule has 8 atom stereocenters. The van der Waals surface area contributed by atoms with Gasteiger partial charge in [-0.1, -0.05) is 26.8 Å². The van der Waals surface area contributed by atoms with Crippen LogP contribution in [0.4, 0.5) is 0 Å². The maximum atomic E-state index is 13.9. The Morgan fingerprint density at radius 3 is 2.39 bits per heavy atom. The van der Waals surface area contributed by atoms with Crippen LogP contribution in [-0.2, 0) is 19.1 Å². The molecule has 38 heavy (non-hydrogen) atoms. The molecule has 9 heteroatoms. The van der Waals surface area contributed by atoms with Gasteiger partial charge in [0.1, 0.15) is 5.60 Å². The Bertz CT molecular complexity index is 949. The van der Waals surface area contributed by atoms with Crippen molar-refractivity contribution >= 4 is 11.8 Å². The fourth-order valence-corrected chi connectivity index (χ4v) is 8.20. The summed E-state index contributed by atoms with van der Waals surface area (Å²) in [5.74, 6) is -1.73. The number of ether oxygens (including phenoxy) is 2. The van der Waals surface area contributed by atoms with Crippen LogP contribution in [0.2, 0.25) is 0 Å². The number of aliphatic hydroxyl groups excluding tert-OH is 2. The van der Waals surface area contributed by atoms with Gasteiger partial charge in [-0.15, -0.1) is 6.58 Å². The zero-order valence-corrected chi connectivity index (χ0v) is 24.0. The van der Waals surface area contributed by atoms with Gasteiger partial charge in [0.15, 0.2) is 17.5 Å². The Morgan fingerprint density at radius 2 is 1.79 bits per heavy atom. The molecule has 9 nitrogen and oxygen atoms in total. The molecule has 0 aromatic carbocycles. The minimum atomic E-state index is -2.20. The minimum absolute atomic E-state index is 0.139. The highest BCUT2D eigenvalue weighted by Crippen LogP contribution is 2.67. The summed E-state index contributed by atoms with van der Waals surface area (Å²) in [7, 11) is 2.10. The molecule has 216 valence electrons. The first-order valence-electron chi connectivity index (χ1n) is 14.1. The third kappa shape index (κ3) is 4.38. The second-order valence-corrected chi connectivity index (χ2v) is 13.5. The van der Waals surface area contributed by atoms with E-state index in [1.54, 1.807) is 13.8 Å². The third-order valence-corrected chi connectivity index (χ3v) is 10.4. The topological polar surface area (TPSA) is 120 Å². The van der Waals surface area contributed by atoms with Gasteiger partial charge in [-0.3, -0.25) is 9.59 Å². The van der Waals surface area contributed by atoms with Gasteiger partial charge in [0.2, 0.25) is 0 Å². The normalized spacial score (nSPS) is 45.7. The van der Waals surface area contributed by atoms with Crippen molar-refractivity contribution in [3.05, 3.63) is 12.7 Å². The van der Waals surface area contributed by atoms with E-state index in [0.717, 1.165) is 32.7 Å². The number of fused-ring (bicyclic) bond motifs is 3. The van der Waals surface area contributed by atoms with Gasteiger partial charge in [0, 0.05) is 50.4 Å². The van der Waals surface area contributed by atoms with Crippen LogP contribution < -0.4 is 0 Å². The molecule has 4 rings (SSSR count). The summed E-state index contributed by atoms with van der Waals surface area (Å²) in [6.45, 7) is 17.3. The third-order valence-electron chi connectivity index (χ3n) is 10.4. The number of nitrogens with zero attached hydrogens (tertiary/aromatic N) is 2. The van der Waals surface area contributed by atoms with Gasteiger partial charge in [-0.05, 0) is 52.1 Å². The highest BCUT2D eigenvalue weighted by Gasteiger charge is 2.81. The molecular formula is C29H48N2O7. The number of ketones is 1. The van der Waals surface area contributed by atoms with Crippen LogP contribution in [0.3, 0.4) is 0 Å². The van der Waals surface area contributed by atoms with Crippen molar-refractivity contribution in [3.8, 4) is 0 Å². The standard InChI is InChI=1S/C29H48N2O7/c1-8-26(4)18-20(33)29(36)27(5)19(32)11-12-25(2,3)23(27)22(35)24(28(29,6)38-26)37-21(34)10-9-13-31-16-14-30(7)15-17-31/h8,19,22-24,32,35-36H,1,9-18H2,2-7H3. The van der Waals surface area contributed by atoms with Gasteiger partial charge < -0.3 is 34.6 Å². The summed E-state index contributed by atoms with van der Waals surface area (Å²) in [4.78, 5) is 31.7. The van der Waals surface area contributed by atoms with E-state index < -0.39 is 63.6 Å². The van der Waals surface area contributed by atoms with Crippen molar-refractivity contribution in [2.45, 2.75) is 102 Å². The summed E-state index contributed by atoms with van der Waals surface area (Å²) in [5, 5.41) is 35.7. The molecule has 2 saturated carbocycles. The smallest absolute Gasteiger partial charge is 0.306 e. The summed E-state index contributed by atoms with van der Waals surface area (Å²) in [6.07, 6.45) is -0.567. The van der Waals surface area contributed by atoms with E-state index in [9.17, 15) is 24.9 Å². The molecule has 0 spiro atoms. The number of likely N-dealkylation sites (N-methyl/N-ethyl adjacent to an activating group) is 1. The van der Waals surface area contributed by atoms with E-state index in [1.807, 2.05) is 13.8 Å². The average molecular weight is 537 g/mol. The monoisotopic (exact) mass is 536 g/mol.